The van der Waals surface area contributed by atoms with Crippen LogP contribution in [0.25, 0.3) is 0 Å². The summed E-state index contributed by atoms with van der Waals surface area (Å²) in [5.41, 5.74) is 6.66. The summed E-state index contributed by atoms with van der Waals surface area (Å²) in [4.78, 5) is 2.71. The van der Waals surface area contributed by atoms with Gasteiger partial charge in [0.1, 0.15) is 0 Å². The zero-order chi connectivity index (χ0) is 13.4. The van der Waals surface area contributed by atoms with E-state index in [0.29, 0.717) is 12.1 Å². The quantitative estimate of drug-likeness (QED) is 0.819. The number of hydrogen-bond acceptors (Lipinski definition) is 2. The zero-order valence-electron chi connectivity index (χ0n) is 12.9. The summed E-state index contributed by atoms with van der Waals surface area (Å²) in [7, 11) is 0. The molecule has 1 fully saturated rings. The maximum absolute atomic E-state index is 6.22. The molecule has 1 aliphatic rings. The summed E-state index contributed by atoms with van der Waals surface area (Å²) in [5, 5.41) is 0. The van der Waals surface area contributed by atoms with Crippen molar-refractivity contribution in [2.75, 3.05) is 0 Å². The van der Waals surface area contributed by atoms with Gasteiger partial charge in [0.25, 0.3) is 0 Å². The molecule has 2 nitrogen and oxygen atoms in total. The van der Waals surface area contributed by atoms with E-state index in [-0.39, 0.29) is 11.1 Å². The van der Waals surface area contributed by atoms with Crippen LogP contribution in [-0.2, 0) is 0 Å². The van der Waals surface area contributed by atoms with Crippen LogP contribution in [-0.4, -0.2) is 28.1 Å². The molecule has 1 unspecified atom stereocenters. The highest BCUT2D eigenvalue weighted by Gasteiger charge is 2.46. The number of rotatable bonds is 3. The summed E-state index contributed by atoms with van der Waals surface area (Å²) in [6.45, 7) is 16.4. The highest BCUT2D eigenvalue weighted by molar-refractivity contribution is 5.03. The van der Waals surface area contributed by atoms with Crippen molar-refractivity contribution in [1.29, 1.82) is 0 Å². The van der Waals surface area contributed by atoms with Crippen LogP contribution in [0.3, 0.4) is 0 Å². The van der Waals surface area contributed by atoms with Crippen molar-refractivity contribution in [3.63, 3.8) is 0 Å². The largest absolute Gasteiger partial charge is 0.328 e. The maximum Gasteiger partial charge on any atom is 0.0176 e. The third kappa shape index (κ3) is 3.45. The van der Waals surface area contributed by atoms with Crippen molar-refractivity contribution in [2.45, 2.75) is 90.9 Å². The zero-order valence-corrected chi connectivity index (χ0v) is 12.9. The molecule has 1 heterocycles. The first kappa shape index (κ1) is 15.0. The van der Waals surface area contributed by atoms with Crippen molar-refractivity contribution in [1.82, 2.24) is 4.90 Å². The summed E-state index contributed by atoms with van der Waals surface area (Å²) in [5.74, 6) is 0.757. The Labute approximate surface area is 108 Å². The van der Waals surface area contributed by atoms with E-state index in [9.17, 15) is 0 Å². The maximum atomic E-state index is 6.22. The Balaban J connectivity index is 2.92. The molecule has 2 heteroatoms. The molecule has 0 aromatic heterocycles. The van der Waals surface area contributed by atoms with Crippen molar-refractivity contribution >= 4 is 0 Å². The Bertz CT molecular complexity index is 238. The van der Waals surface area contributed by atoms with Crippen LogP contribution in [0.5, 0.6) is 0 Å². The van der Waals surface area contributed by atoms with Crippen LogP contribution in [0.1, 0.15) is 67.7 Å². The van der Waals surface area contributed by atoms with Crippen LogP contribution in [0.2, 0.25) is 0 Å². The van der Waals surface area contributed by atoms with Crippen LogP contribution >= 0.6 is 0 Å². The van der Waals surface area contributed by atoms with Crippen molar-refractivity contribution in [3.05, 3.63) is 0 Å². The monoisotopic (exact) mass is 240 g/mol. The van der Waals surface area contributed by atoms with Gasteiger partial charge in [-0.25, -0.2) is 0 Å². The average Bonchev–Trinajstić information content (AvgIpc) is 1.93. The first-order valence-electron chi connectivity index (χ1n) is 7.11. The third-order valence-corrected chi connectivity index (χ3v) is 4.08. The van der Waals surface area contributed by atoms with Gasteiger partial charge in [-0.05, 0) is 59.8 Å². The molecule has 1 rings (SSSR count). The molecule has 0 aliphatic carbocycles. The molecule has 1 saturated heterocycles. The highest BCUT2D eigenvalue weighted by Crippen LogP contribution is 2.40. The Morgan fingerprint density at radius 1 is 1.06 bits per heavy atom. The standard InChI is InChI=1S/C15H32N2/c1-11(2)8-12(3)17-14(4,5)9-13(16)10-15(17,6)7/h11-13H,8-10,16H2,1-7H3. The second-order valence-corrected chi connectivity index (χ2v) is 7.64. The number of likely N-dealkylation sites (tertiary alicyclic amines) is 1. The molecule has 0 bridgehead atoms. The first-order valence-corrected chi connectivity index (χ1v) is 7.11. The predicted octanol–water partition coefficient (Wildman–Crippen LogP) is 3.40. The van der Waals surface area contributed by atoms with Gasteiger partial charge < -0.3 is 5.73 Å². The Morgan fingerprint density at radius 3 is 1.82 bits per heavy atom. The van der Waals surface area contributed by atoms with Crippen LogP contribution in [0.4, 0.5) is 0 Å². The number of nitrogens with two attached hydrogens (primary N) is 1. The molecule has 17 heavy (non-hydrogen) atoms. The molecule has 2 N–H and O–H groups in total. The summed E-state index contributed by atoms with van der Waals surface area (Å²) in [6.07, 6.45) is 3.49. The molecule has 1 aliphatic heterocycles. The molecule has 0 saturated carbocycles. The van der Waals surface area contributed by atoms with Gasteiger partial charge in [-0.1, -0.05) is 13.8 Å². The molecule has 0 aromatic carbocycles. The van der Waals surface area contributed by atoms with E-state index in [4.69, 9.17) is 5.73 Å². The molecular weight excluding hydrogens is 208 g/mol. The van der Waals surface area contributed by atoms with Gasteiger partial charge in [0, 0.05) is 23.2 Å². The van der Waals surface area contributed by atoms with Gasteiger partial charge >= 0.3 is 0 Å². The SMILES string of the molecule is CC(C)CC(C)N1C(C)(C)CC(N)CC1(C)C. The summed E-state index contributed by atoms with van der Waals surface area (Å²) in [6, 6.07) is 0.981. The van der Waals surface area contributed by atoms with E-state index in [1.54, 1.807) is 0 Å². The molecule has 0 radical (unpaired) electrons. The second-order valence-electron chi connectivity index (χ2n) is 7.64. The smallest absolute Gasteiger partial charge is 0.0176 e. The fourth-order valence-electron chi connectivity index (χ4n) is 4.35. The average molecular weight is 240 g/mol. The molecule has 1 atom stereocenters. The number of piperidine rings is 1. The van der Waals surface area contributed by atoms with E-state index in [0.717, 1.165) is 18.8 Å². The fourth-order valence-corrected chi connectivity index (χ4v) is 4.35. The molecular formula is C15H32N2. The lowest BCUT2D eigenvalue weighted by Gasteiger charge is -2.57. The molecule has 0 aromatic rings. The van der Waals surface area contributed by atoms with Gasteiger partial charge in [0.15, 0.2) is 0 Å². The number of nitrogens with zero attached hydrogens (tertiary/aromatic N) is 1. The normalized spacial score (nSPS) is 27.4. The molecule has 0 amide bonds. The van der Waals surface area contributed by atoms with Gasteiger partial charge in [-0.15, -0.1) is 0 Å². The van der Waals surface area contributed by atoms with E-state index < -0.39 is 0 Å². The Hall–Kier alpha value is -0.0800. The third-order valence-electron chi connectivity index (χ3n) is 4.08. The van der Waals surface area contributed by atoms with Gasteiger partial charge in [0.2, 0.25) is 0 Å². The molecule has 0 spiro atoms. The van der Waals surface area contributed by atoms with Crippen molar-refractivity contribution < 1.29 is 0 Å². The van der Waals surface area contributed by atoms with Crippen LogP contribution in [0, 0.1) is 5.92 Å². The lowest BCUT2D eigenvalue weighted by Crippen LogP contribution is -2.65. The van der Waals surface area contributed by atoms with E-state index in [1.807, 2.05) is 0 Å². The lowest BCUT2D eigenvalue weighted by atomic mass is 9.75. The second kappa shape index (κ2) is 4.89. The van der Waals surface area contributed by atoms with Crippen LogP contribution in [0.15, 0.2) is 0 Å². The summed E-state index contributed by atoms with van der Waals surface area (Å²) < 4.78 is 0. The van der Waals surface area contributed by atoms with Crippen LogP contribution < -0.4 is 5.73 Å². The van der Waals surface area contributed by atoms with E-state index in [2.05, 4.69) is 53.4 Å². The minimum atomic E-state index is 0.218. The first-order chi connectivity index (χ1) is 7.56. The van der Waals surface area contributed by atoms with Gasteiger partial charge in [-0.2, -0.15) is 0 Å². The number of hydrogen-bond donors (Lipinski definition) is 1. The Kier molecular flexibility index (Phi) is 4.31. The Morgan fingerprint density at radius 2 is 1.47 bits per heavy atom. The van der Waals surface area contributed by atoms with E-state index in [1.165, 1.54) is 6.42 Å². The molecule has 102 valence electrons. The minimum absolute atomic E-state index is 0.218. The fraction of sp³-hybridized carbons (Fsp3) is 1.00. The highest BCUT2D eigenvalue weighted by atomic mass is 15.3. The summed E-state index contributed by atoms with van der Waals surface area (Å²) >= 11 is 0. The van der Waals surface area contributed by atoms with Crippen molar-refractivity contribution in [2.24, 2.45) is 11.7 Å². The van der Waals surface area contributed by atoms with Crippen molar-refractivity contribution in [3.8, 4) is 0 Å². The lowest BCUT2D eigenvalue weighted by molar-refractivity contribution is -0.0674. The van der Waals surface area contributed by atoms with Gasteiger partial charge in [0.05, 0.1) is 0 Å². The minimum Gasteiger partial charge on any atom is -0.328 e. The van der Waals surface area contributed by atoms with E-state index >= 15 is 0 Å². The predicted molar refractivity (Wildman–Crippen MR) is 76.1 cm³/mol. The topological polar surface area (TPSA) is 29.3 Å². The van der Waals surface area contributed by atoms with Gasteiger partial charge in [-0.3, -0.25) is 4.90 Å².